The molecule has 7 heteroatoms. The predicted octanol–water partition coefficient (Wildman–Crippen LogP) is 5.68. The third-order valence-electron chi connectivity index (χ3n) is 4.36. The third-order valence-corrected chi connectivity index (χ3v) is 4.86. The van der Waals surface area contributed by atoms with Gasteiger partial charge >= 0.3 is 6.18 Å². The molecule has 3 aromatic rings. The lowest BCUT2D eigenvalue weighted by atomic mass is 9.99. The number of rotatable bonds is 4. The first-order valence-electron chi connectivity index (χ1n) is 8.09. The van der Waals surface area contributed by atoms with Crippen molar-refractivity contribution in [1.29, 1.82) is 0 Å². The van der Waals surface area contributed by atoms with Gasteiger partial charge in [-0.1, -0.05) is 34.1 Å². The van der Waals surface area contributed by atoms with E-state index in [-0.39, 0.29) is 5.56 Å². The first-order chi connectivity index (χ1) is 12.3. The lowest BCUT2D eigenvalue weighted by Crippen LogP contribution is -2.12. The summed E-state index contributed by atoms with van der Waals surface area (Å²) in [5, 5.41) is 13.5. The van der Waals surface area contributed by atoms with E-state index in [1.165, 1.54) is 13.0 Å². The van der Waals surface area contributed by atoms with E-state index in [1.54, 1.807) is 6.07 Å². The second kappa shape index (κ2) is 7.23. The Bertz CT molecular complexity index is 955. The van der Waals surface area contributed by atoms with Crippen LogP contribution in [0.3, 0.4) is 0 Å². The van der Waals surface area contributed by atoms with Crippen molar-refractivity contribution < 1.29 is 13.2 Å². The van der Waals surface area contributed by atoms with Gasteiger partial charge in [-0.05, 0) is 49.6 Å². The smallest absolute Gasteiger partial charge is 0.368 e. The highest BCUT2D eigenvalue weighted by atomic mass is 79.9. The highest BCUT2D eigenvalue weighted by molar-refractivity contribution is 9.10. The van der Waals surface area contributed by atoms with Crippen LogP contribution in [0.1, 0.15) is 22.4 Å². The second-order valence-electron chi connectivity index (χ2n) is 6.09. The summed E-state index contributed by atoms with van der Waals surface area (Å²) in [6.07, 6.45) is -3.88. The molecule has 0 aliphatic carbocycles. The Labute approximate surface area is 157 Å². The summed E-state index contributed by atoms with van der Waals surface area (Å²) in [4.78, 5) is 0. The molecule has 0 bridgehead atoms. The predicted molar refractivity (Wildman–Crippen MR) is 100 cm³/mol. The quantitative estimate of drug-likeness (QED) is 0.586. The number of benzene rings is 2. The highest BCUT2D eigenvalue weighted by Crippen LogP contribution is 2.33. The molecule has 0 atom stereocenters. The van der Waals surface area contributed by atoms with Crippen LogP contribution in [0.4, 0.5) is 19.0 Å². The number of hydrogen-bond donors (Lipinski definition) is 1. The van der Waals surface area contributed by atoms with Crippen molar-refractivity contribution in [3.05, 3.63) is 63.3 Å². The van der Waals surface area contributed by atoms with Gasteiger partial charge in [-0.2, -0.15) is 18.3 Å². The van der Waals surface area contributed by atoms with E-state index in [0.717, 1.165) is 27.0 Å². The average molecular weight is 424 g/mol. The average Bonchev–Trinajstić information content (AvgIpc) is 2.57. The number of alkyl halides is 3. The SMILES string of the molecule is Cc1c(CCNc2nnc(C)c3ccc(Br)cc23)cccc1C(F)(F)F. The molecule has 2 aromatic carbocycles. The zero-order chi connectivity index (χ0) is 18.9. The molecule has 3 nitrogen and oxygen atoms in total. The Kier molecular flexibility index (Phi) is 5.18. The van der Waals surface area contributed by atoms with Crippen molar-refractivity contribution in [1.82, 2.24) is 10.2 Å². The fraction of sp³-hybridized carbons (Fsp3) is 0.263. The summed E-state index contributed by atoms with van der Waals surface area (Å²) >= 11 is 3.45. The number of aromatic nitrogens is 2. The molecule has 136 valence electrons. The normalized spacial score (nSPS) is 11.8. The number of fused-ring (bicyclic) bond motifs is 1. The first-order valence-corrected chi connectivity index (χ1v) is 8.89. The Balaban J connectivity index is 1.80. The van der Waals surface area contributed by atoms with Gasteiger partial charge in [-0.15, -0.1) is 5.10 Å². The molecule has 0 spiro atoms. The molecule has 26 heavy (non-hydrogen) atoms. The fourth-order valence-electron chi connectivity index (χ4n) is 2.97. The van der Waals surface area contributed by atoms with E-state index >= 15 is 0 Å². The van der Waals surface area contributed by atoms with E-state index in [1.807, 2.05) is 25.1 Å². The minimum Gasteiger partial charge on any atom is -0.368 e. The molecule has 0 radical (unpaired) electrons. The standard InChI is InChI=1S/C19H17BrF3N3/c1-11-13(4-3-5-17(11)19(21,22)23)8-9-24-18-16-10-14(20)6-7-15(16)12(2)25-26-18/h3-7,10H,8-9H2,1-2H3,(H,24,26). The zero-order valence-corrected chi connectivity index (χ0v) is 15.9. The van der Waals surface area contributed by atoms with Crippen molar-refractivity contribution in [3.63, 3.8) is 0 Å². The fourth-order valence-corrected chi connectivity index (χ4v) is 3.33. The molecule has 0 aliphatic heterocycles. The van der Waals surface area contributed by atoms with Crippen LogP contribution >= 0.6 is 15.9 Å². The number of aryl methyl sites for hydroxylation is 1. The van der Waals surface area contributed by atoms with Crippen molar-refractivity contribution in [3.8, 4) is 0 Å². The van der Waals surface area contributed by atoms with Gasteiger partial charge < -0.3 is 5.32 Å². The van der Waals surface area contributed by atoms with Gasteiger partial charge in [0.15, 0.2) is 5.82 Å². The monoisotopic (exact) mass is 423 g/mol. The van der Waals surface area contributed by atoms with Crippen molar-refractivity contribution in [2.45, 2.75) is 26.4 Å². The highest BCUT2D eigenvalue weighted by Gasteiger charge is 2.32. The molecular formula is C19H17BrF3N3. The summed E-state index contributed by atoms with van der Waals surface area (Å²) in [5.41, 5.74) is 1.17. The van der Waals surface area contributed by atoms with E-state index in [4.69, 9.17) is 0 Å². The van der Waals surface area contributed by atoms with Gasteiger partial charge in [-0.25, -0.2) is 0 Å². The first kappa shape index (κ1) is 18.6. The van der Waals surface area contributed by atoms with Crippen molar-refractivity contribution in [2.75, 3.05) is 11.9 Å². The summed E-state index contributed by atoms with van der Waals surface area (Å²) in [6.45, 7) is 3.86. The minimum absolute atomic E-state index is 0.268. The molecule has 0 amide bonds. The van der Waals surface area contributed by atoms with E-state index in [0.29, 0.717) is 24.3 Å². The lowest BCUT2D eigenvalue weighted by Gasteiger charge is -2.15. The van der Waals surface area contributed by atoms with Crippen LogP contribution in [-0.2, 0) is 12.6 Å². The number of nitrogens with one attached hydrogen (secondary N) is 1. The maximum Gasteiger partial charge on any atom is 0.416 e. The molecule has 1 aromatic heterocycles. The summed E-state index contributed by atoms with van der Waals surface area (Å²) in [7, 11) is 0. The number of nitrogens with zero attached hydrogens (tertiary/aromatic N) is 2. The van der Waals surface area contributed by atoms with Crippen LogP contribution in [0.5, 0.6) is 0 Å². The van der Waals surface area contributed by atoms with Gasteiger partial charge in [0.25, 0.3) is 0 Å². The van der Waals surface area contributed by atoms with Gasteiger partial charge in [0.2, 0.25) is 0 Å². The van der Waals surface area contributed by atoms with Crippen LogP contribution in [0.15, 0.2) is 40.9 Å². The Hall–Kier alpha value is -2.15. The largest absolute Gasteiger partial charge is 0.416 e. The van der Waals surface area contributed by atoms with Crippen molar-refractivity contribution >= 4 is 32.5 Å². The molecule has 0 fully saturated rings. The van der Waals surface area contributed by atoms with Crippen molar-refractivity contribution in [2.24, 2.45) is 0 Å². The maximum atomic E-state index is 13.0. The van der Waals surface area contributed by atoms with Crippen LogP contribution in [0.2, 0.25) is 0 Å². The van der Waals surface area contributed by atoms with Crippen LogP contribution < -0.4 is 5.32 Å². The lowest BCUT2D eigenvalue weighted by molar-refractivity contribution is -0.138. The van der Waals surface area contributed by atoms with Crippen LogP contribution in [0, 0.1) is 13.8 Å². The Morgan fingerprint density at radius 3 is 2.54 bits per heavy atom. The van der Waals surface area contributed by atoms with E-state index in [9.17, 15) is 13.2 Å². The summed E-state index contributed by atoms with van der Waals surface area (Å²) < 4.78 is 40.0. The summed E-state index contributed by atoms with van der Waals surface area (Å²) in [6, 6.07) is 10.1. The van der Waals surface area contributed by atoms with E-state index in [2.05, 4.69) is 31.4 Å². The second-order valence-corrected chi connectivity index (χ2v) is 7.00. The van der Waals surface area contributed by atoms with Gasteiger partial charge in [-0.3, -0.25) is 0 Å². The van der Waals surface area contributed by atoms with E-state index < -0.39 is 11.7 Å². The molecule has 0 aliphatic rings. The van der Waals surface area contributed by atoms with Gasteiger partial charge in [0, 0.05) is 21.8 Å². The third kappa shape index (κ3) is 3.82. The number of halogens is 4. The minimum atomic E-state index is -4.33. The maximum absolute atomic E-state index is 13.0. The Morgan fingerprint density at radius 2 is 1.81 bits per heavy atom. The molecular weight excluding hydrogens is 407 g/mol. The molecule has 0 saturated heterocycles. The molecule has 0 unspecified atom stereocenters. The molecule has 3 rings (SSSR count). The molecule has 1 heterocycles. The molecule has 1 N–H and O–H groups in total. The number of hydrogen-bond acceptors (Lipinski definition) is 3. The molecule has 0 saturated carbocycles. The van der Waals surface area contributed by atoms with Crippen LogP contribution in [0.25, 0.3) is 10.8 Å². The topological polar surface area (TPSA) is 37.8 Å². The zero-order valence-electron chi connectivity index (χ0n) is 14.3. The Morgan fingerprint density at radius 1 is 1.04 bits per heavy atom. The van der Waals surface area contributed by atoms with Gasteiger partial charge in [0.1, 0.15) is 0 Å². The van der Waals surface area contributed by atoms with Gasteiger partial charge in [0.05, 0.1) is 11.3 Å². The van der Waals surface area contributed by atoms with Crippen LogP contribution in [-0.4, -0.2) is 16.7 Å². The summed E-state index contributed by atoms with van der Waals surface area (Å²) in [5.74, 6) is 0.622. The number of anilines is 1.